The molecular weight excluding hydrogens is 351 g/mol. The van der Waals surface area contributed by atoms with Gasteiger partial charge in [-0.3, -0.25) is 9.69 Å². The molecule has 1 N–H and O–H groups in total. The Bertz CT molecular complexity index is 735. The number of benzene rings is 2. The van der Waals surface area contributed by atoms with Crippen LogP contribution in [0.5, 0.6) is 0 Å². The van der Waals surface area contributed by atoms with Crippen molar-refractivity contribution < 1.29 is 9.18 Å². The van der Waals surface area contributed by atoms with Crippen molar-refractivity contribution in [3.05, 3.63) is 70.0 Å². The minimum Gasteiger partial charge on any atom is -0.352 e. The summed E-state index contributed by atoms with van der Waals surface area (Å²) < 4.78 is 13.9. The average molecular weight is 375 g/mol. The van der Waals surface area contributed by atoms with Crippen molar-refractivity contribution >= 4 is 17.5 Å². The molecule has 1 aliphatic heterocycles. The van der Waals surface area contributed by atoms with E-state index >= 15 is 0 Å². The first-order chi connectivity index (χ1) is 12.5. The second kappa shape index (κ2) is 8.65. The van der Waals surface area contributed by atoms with Crippen LogP contribution in [0.4, 0.5) is 4.39 Å². The van der Waals surface area contributed by atoms with Crippen molar-refractivity contribution in [2.75, 3.05) is 13.1 Å². The lowest BCUT2D eigenvalue weighted by Crippen LogP contribution is -2.40. The molecule has 1 heterocycles. The van der Waals surface area contributed by atoms with Crippen LogP contribution in [0.15, 0.2) is 42.5 Å². The summed E-state index contributed by atoms with van der Waals surface area (Å²) in [4.78, 5) is 14.6. The van der Waals surface area contributed by atoms with Gasteiger partial charge >= 0.3 is 0 Å². The number of halogens is 2. The molecule has 2 aromatic carbocycles. The highest BCUT2D eigenvalue weighted by Gasteiger charge is 2.25. The lowest BCUT2D eigenvalue weighted by atomic mass is 9.95. The zero-order chi connectivity index (χ0) is 18.5. The second-order valence-corrected chi connectivity index (χ2v) is 7.36. The molecule has 3 nitrogen and oxygen atoms in total. The minimum absolute atomic E-state index is 0.0211. The van der Waals surface area contributed by atoms with Crippen molar-refractivity contribution in [2.45, 2.75) is 32.9 Å². The van der Waals surface area contributed by atoms with E-state index < -0.39 is 0 Å². The van der Waals surface area contributed by atoms with Gasteiger partial charge in [0.25, 0.3) is 0 Å². The third-order valence-corrected chi connectivity index (χ3v) is 5.34. The Morgan fingerprint density at radius 1 is 1.19 bits per heavy atom. The number of piperidine rings is 1. The quantitative estimate of drug-likeness (QED) is 0.845. The van der Waals surface area contributed by atoms with E-state index in [1.165, 1.54) is 11.6 Å². The Hall–Kier alpha value is -1.91. The predicted molar refractivity (Wildman–Crippen MR) is 102 cm³/mol. The Kier molecular flexibility index (Phi) is 6.28. The topological polar surface area (TPSA) is 32.3 Å². The van der Waals surface area contributed by atoms with Crippen molar-refractivity contribution in [2.24, 2.45) is 5.92 Å². The molecule has 1 saturated heterocycles. The first-order valence-corrected chi connectivity index (χ1v) is 9.39. The molecule has 1 amide bonds. The van der Waals surface area contributed by atoms with E-state index in [4.69, 9.17) is 11.6 Å². The number of hydrogen-bond acceptors (Lipinski definition) is 2. The van der Waals surface area contributed by atoms with Gasteiger partial charge in [0.15, 0.2) is 0 Å². The monoisotopic (exact) mass is 374 g/mol. The normalized spacial score (nSPS) is 15.8. The van der Waals surface area contributed by atoms with Crippen LogP contribution in [0.1, 0.15) is 29.5 Å². The van der Waals surface area contributed by atoms with Gasteiger partial charge in [0.05, 0.1) is 0 Å². The SMILES string of the molecule is Cc1ccc(CNC(=O)C2CCN(Cc3c(F)cccc3Cl)CC2)cc1. The van der Waals surface area contributed by atoms with E-state index in [0.29, 0.717) is 23.7 Å². The fourth-order valence-corrected chi connectivity index (χ4v) is 3.52. The number of nitrogens with zero attached hydrogens (tertiary/aromatic N) is 1. The molecule has 0 radical (unpaired) electrons. The number of carbonyl (C=O) groups is 1. The minimum atomic E-state index is -0.268. The molecular formula is C21H24ClFN2O. The standard InChI is InChI=1S/C21H24ClFN2O/c1-15-5-7-16(8-6-15)13-24-21(26)17-9-11-25(12-10-17)14-18-19(22)3-2-4-20(18)23/h2-8,17H,9-14H2,1H3,(H,24,26). The summed E-state index contributed by atoms with van der Waals surface area (Å²) in [6.07, 6.45) is 1.57. The van der Waals surface area contributed by atoms with Gasteiger partial charge in [-0.25, -0.2) is 4.39 Å². The van der Waals surface area contributed by atoms with Gasteiger partial charge in [-0.05, 0) is 50.6 Å². The molecule has 2 aromatic rings. The summed E-state index contributed by atoms with van der Waals surface area (Å²) in [5.41, 5.74) is 2.86. The first-order valence-electron chi connectivity index (χ1n) is 9.01. The van der Waals surface area contributed by atoms with Gasteiger partial charge in [-0.1, -0.05) is 47.5 Å². The number of hydrogen-bond donors (Lipinski definition) is 1. The van der Waals surface area contributed by atoms with E-state index in [1.807, 2.05) is 31.2 Å². The molecule has 26 heavy (non-hydrogen) atoms. The van der Waals surface area contributed by atoms with Crippen LogP contribution in [0.2, 0.25) is 5.02 Å². The van der Waals surface area contributed by atoms with Crippen LogP contribution in [0.25, 0.3) is 0 Å². The van der Waals surface area contributed by atoms with Crippen molar-refractivity contribution in [1.82, 2.24) is 10.2 Å². The summed E-state index contributed by atoms with van der Waals surface area (Å²) in [6.45, 7) is 4.64. The fraction of sp³-hybridized carbons (Fsp3) is 0.381. The maximum atomic E-state index is 13.9. The van der Waals surface area contributed by atoms with Gasteiger partial charge in [0.1, 0.15) is 5.82 Å². The van der Waals surface area contributed by atoms with Crippen molar-refractivity contribution in [1.29, 1.82) is 0 Å². The highest BCUT2D eigenvalue weighted by Crippen LogP contribution is 2.24. The number of aryl methyl sites for hydroxylation is 1. The smallest absolute Gasteiger partial charge is 0.223 e. The van der Waals surface area contributed by atoms with Gasteiger partial charge in [-0.15, -0.1) is 0 Å². The van der Waals surface area contributed by atoms with Gasteiger partial charge in [0, 0.05) is 29.6 Å². The van der Waals surface area contributed by atoms with Crippen LogP contribution < -0.4 is 5.32 Å². The number of amides is 1. The molecule has 0 bridgehead atoms. The average Bonchev–Trinajstić information content (AvgIpc) is 2.65. The second-order valence-electron chi connectivity index (χ2n) is 6.95. The highest BCUT2D eigenvalue weighted by molar-refractivity contribution is 6.31. The van der Waals surface area contributed by atoms with E-state index in [9.17, 15) is 9.18 Å². The van der Waals surface area contributed by atoms with Gasteiger partial charge < -0.3 is 5.32 Å². The zero-order valence-electron chi connectivity index (χ0n) is 15.0. The Balaban J connectivity index is 1.47. The molecule has 0 saturated carbocycles. The largest absolute Gasteiger partial charge is 0.352 e. The van der Waals surface area contributed by atoms with Crippen LogP contribution in [0.3, 0.4) is 0 Å². The van der Waals surface area contributed by atoms with Gasteiger partial charge in [0.2, 0.25) is 5.91 Å². The summed E-state index contributed by atoms with van der Waals surface area (Å²) >= 11 is 6.11. The lowest BCUT2D eigenvalue weighted by molar-refractivity contribution is -0.126. The molecule has 1 aliphatic rings. The summed E-state index contributed by atoms with van der Waals surface area (Å²) in [7, 11) is 0. The van der Waals surface area contributed by atoms with Crippen LogP contribution in [0, 0.1) is 18.7 Å². The fourth-order valence-electron chi connectivity index (χ4n) is 3.30. The molecule has 0 atom stereocenters. The van der Waals surface area contributed by atoms with Crippen LogP contribution in [-0.2, 0) is 17.9 Å². The predicted octanol–water partition coefficient (Wildman–Crippen LogP) is 4.32. The lowest BCUT2D eigenvalue weighted by Gasteiger charge is -2.31. The third kappa shape index (κ3) is 4.83. The van der Waals surface area contributed by atoms with E-state index in [2.05, 4.69) is 10.2 Å². The molecule has 3 rings (SSSR count). The molecule has 0 spiro atoms. The van der Waals surface area contributed by atoms with Crippen molar-refractivity contribution in [3.63, 3.8) is 0 Å². The number of nitrogens with one attached hydrogen (secondary N) is 1. The first kappa shape index (κ1) is 18.9. The van der Waals surface area contributed by atoms with Crippen LogP contribution in [-0.4, -0.2) is 23.9 Å². The highest BCUT2D eigenvalue weighted by atomic mass is 35.5. The zero-order valence-corrected chi connectivity index (χ0v) is 15.7. The van der Waals surface area contributed by atoms with Crippen LogP contribution >= 0.6 is 11.6 Å². The Labute approximate surface area is 159 Å². The molecule has 0 unspecified atom stereocenters. The summed E-state index contributed by atoms with van der Waals surface area (Å²) in [5.74, 6) is -0.141. The summed E-state index contributed by atoms with van der Waals surface area (Å²) in [5, 5.41) is 3.49. The molecule has 138 valence electrons. The van der Waals surface area contributed by atoms with E-state index in [0.717, 1.165) is 31.5 Å². The number of carbonyl (C=O) groups excluding carboxylic acids is 1. The number of rotatable bonds is 5. The van der Waals surface area contributed by atoms with Gasteiger partial charge in [-0.2, -0.15) is 0 Å². The maximum Gasteiger partial charge on any atom is 0.223 e. The molecule has 0 aromatic heterocycles. The maximum absolute atomic E-state index is 13.9. The Morgan fingerprint density at radius 3 is 2.54 bits per heavy atom. The molecule has 1 fully saturated rings. The molecule has 0 aliphatic carbocycles. The summed E-state index contributed by atoms with van der Waals surface area (Å²) in [6, 6.07) is 12.9. The Morgan fingerprint density at radius 2 is 1.88 bits per heavy atom. The third-order valence-electron chi connectivity index (χ3n) is 4.99. The molecule has 5 heteroatoms. The van der Waals surface area contributed by atoms with E-state index in [-0.39, 0.29) is 17.6 Å². The van der Waals surface area contributed by atoms with E-state index in [1.54, 1.807) is 12.1 Å². The van der Waals surface area contributed by atoms with Crippen molar-refractivity contribution in [3.8, 4) is 0 Å². The number of likely N-dealkylation sites (tertiary alicyclic amines) is 1.